The van der Waals surface area contributed by atoms with Crippen molar-refractivity contribution in [1.82, 2.24) is 15.6 Å². The number of nitrogens with zero attached hydrogens (tertiary/aromatic N) is 1. The minimum absolute atomic E-state index is 0.0313. The number of pyridine rings is 1. The number of amides is 1. The number of anilines is 1. The largest absolute Gasteiger partial charge is 0.508 e. The molecule has 7 nitrogen and oxygen atoms in total. The van der Waals surface area contributed by atoms with Crippen LogP contribution in [0.4, 0.5) is 5.82 Å². The molecule has 7 heteroatoms. The molecule has 0 aliphatic heterocycles. The van der Waals surface area contributed by atoms with Crippen molar-refractivity contribution in [3.8, 4) is 16.9 Å². The molecule has 1 amide bonds. The second-order valence-electron chi connectivity index (χ2n) is 9.56. The van der Waals surface area contributed by atoms with E-state index in [9.17, 15) is 15.0 Å². The molecular weight excluding hydrogens is 476 g/mol. The number of nitrogen functional groups attached to an aromatic ring is 1. The van der Waals surface area contributed by atoms with Crippen molar-refractivity contribution in [2.45, 2.75) is 38.5 Å². The van der Waals surface area contributed by atoms with E-state index >= 15 is 0 Å². The van der Waals surface area contributed by atoms with Crippen LogP contribution >= 0.6 is 0 Å². The average molecular weight is 511 g/mol. The van der Waals surface area contributed by atoms with E-state index in [-0.39, 0.29) is 17.7 Å². The summed E-state index contributed by atoms with van der Waals surface area (Å²) in [6.45, 7) is 2.94. The Balaban J connectivity index is 1.23. The first-order valence-corrected chi connectivity index (χ1v) is 12.7. The van der Waals surface area contributed by atoms with Crippen molar-refractivity contribution in [3.63, 3.8) is 0 Å². The van der Waals surface area contributed by atoms with E-state index in [0.29, 0.717) is 25.3 Å². The van der Waals surface area contributed by atoms with Crippen molar-refractivity contribution in [3.05, 3.63) is 113 Å². The van der Waals surface area contributed by atoms with Crippen LogP contribution in [0.1, 0.15) is 35.3 Å². The zero-order valence-electron chi connectivity index (χ0n) is 21.5. The number of phenols is 1. The predicted molar refractivity (Wildman–Crippen MR) is 150 cm³/mol. The Morgan fingerprint density at radius 1 is 0.921 bits per heavy atom. The first-order valence-electron chi connectivity index (χ1n) is 12.7. The summed E-state index contributed by atoms with van der Waals surface area (Å²) in [5.41, 5.74) is 11.5. The molecular formula is C31H34N4O3. The molecule has 0 fully saturated rings. The molecule has 1 heterocycles. The van der Waals surface area contributed by atoms with E-state index in [2.05, 4.69) is 34.7 Å². The van der Waals surface area contributed by atoms with Gasteiger partial charge < -0.3 is 26.6 Å². The Morgan fingerprint density at radius 3 is 2.29 bits per heavy atom. The first kappa shape index (κ1) is 26.9. The van der Waals surface area contributed by atoms with Gasteiger partial charge in [-0.15, -0.1) is 0 Å². The molecule has 38 heavy (non-hydrogen) atoms. The molecule has 0 aliphatic carbocycles. The van der Waals surface area contributed by atoms with Gasteiger partial charge in [0, 0.05) is 30.9 Å². The van der Waals surface area contributed by atoms with Crippen LogP contribution in [0.5, 0.6) is 5.75 Å². The minimum Gasteiger partial charge on any atom is -0.508 e. The maximum absolute atomic E-state index is 12.6. The quantitative estimate of drug-likeness (QED) is 0.207. The number of aliphatic hydroxyl groups is 1. The summed E-state index contributed by atoms with van der Waals surface area (Å²) in [5.74, 6) is 0.639. The van der Waals surface area contributed by atoms with E-state index in [1.54, 1.807) is 30.5 Å². The molecule has 0 saturated carbocycles. The maximum atomic E-state index is 12.6. The number of phenolic OH excluding ortho intramolecular Hbond substituents is 1. The van der Waals surface area contributed by atoms with Crippen LogP contribution in [-0.2, 0) is 24.2 Å². The van der Waals surface area contributed by atoms with Gasteiger partial charge in [-0.05, 0) is 59.4 Å². The third kappa shape index (κ3) is 7.90. The number of benzene rings is 3. The molecule has 196 valence electrons. The van der Waals surface area contributed by atoms with Gasteiger partial charge in [-0.25, -0.2) is 4.98 Å². The van der Waals surface area contributed by atoms with Gasteiger partial charge in [0.05, 0.1) is 12.5 Å². The molecule has 0 saturated heterocycles. The molecule has 0 radical (unpaired) electrons. The second kappa shape index (κ2) is 12.9. The molecule has 1 aromatic heterocycles. The third-order valence-corrected chi connectivity index (χ3v) is 6.40. The van der Waals surface area contributed by atoms with Gasteiger partial charge in [0.25, 0.3) is 0 Å². The number of hydrogen-bond acceptors (Lipinski definition) is 6. The summed E-state index contributed by atoms with van der Waals surface area (Å²) in [6.07, 6.45) is 2.01. The fourth-order valence-corrected chi connectivity index (χ4v) is 4.25. The number of carbonyl (C=O) groups excluding carboxylic acids is 1. The van der Waals surface area contributed by atoms with Crippen LogP contribution in [0.2, 0.25) is 0 Å². The van der Waals surface area contributed by atoms with E-state index in [1.165, 1.54) is 0 Å². The zero-order chi connectivity index (χ0) is 26.9. The van der Waals surface area contributed by atoms with Crippen molar-refractivity contribution in [2.24, 2.45) is 0 Å². The molecule has 0 spiro atoms. The summed E-state index contributed by atoms with van der Waals surface area (Å²) in [7, 11) is 0. The molecule has 2 atom stereocenters. The van der Waals surface area contributed by atoms with Crippen LogP contribution in [-0.4, -0.2) is 33.7 Å². The van der Waals surface area contributed by atoms with Crippen molar-refractivity contribution in [2.75, 3.05) is 12.3 Å². The normalized spacial score (nSPS) is 12.6. The van der Waals surface area contributed by atoms with Gasteiger partial charge in [0.2, 0.25) is 5.91 Å². The van der Waals surface area contributed by atoms with Crippen LogP contribution in [0.3, 0.4) is 0 Å². The van der Waals surface area contributed by atoms with Crippen LogP contribution in [0, 0.1) is 0 Å². The van der Waals surface area contributed by atoms with Crippen LogP contribution < -0.4 is 16.4 Å². The molecule has 4 aromatic rings. The van der Waals surface area contributed by atoms with Crippen LogP contribution in [0.15, 0.2) is 91.1 Å². The van der Waals surface area contributed by atoms with Crippen molar-refractivity contribution < 1.29 is 15.0 Å². The highest BCUT2D eigenvalue weighted by Gasteiger charge is 2.11. The third-order valence-electron chi connectivity index (χ3n) is 6.40. The Hall–Kier alpha value is -4.20. The Bertz CT molecular complexity index is 1320. The van der Waals surface area contributed by atoms with Gasteiger partial charge in [0.1, 0.15) is 11.6 Å². The molecule has 3 aromatic carbocycles. The Morgan fingerprint density at radius 2 is 1.61 bits per heavy atom. The minimum atomic E-state index is -0.662. The molecule has 0 bridgehead atoms. The number of aliphatic hydroxyl groups excluding tert-OH is 1. The van der Waals surface area contributed by atoms with E-state index in [4.69, 9.17) is 5.73 Å². The van der Waals surface area contributed by atoms with Gasteiger partial charge >= 0.3 is 0 Å². The lowest BCUT2D eigenvalue weighted by Gasteiger charge is -2.18. The van der Waals surface area contributed by atoms with Gasteiger partial charge in [-0.3, -0.25) is 4.79 Å². The molecule has 0 aliphatic rings. The van der Waals surface area contributed by atoms with E-state index in [0.717, 1.165) is 39.8 Å². The second-order valence-corrected chi connectivity index (χ2v) is 9.56. The van der Waals surface area contributed by atoms with E-state index < -0.39 is 6.10 Å². The van der Waals surface area contributed by atoms with Gasteiger partial charge in [0.15, 0.2) is 0 Å². The number of nitrogens with one attached hydrogen (secondary N) is 2. The van der Waals surface area contributed by atoms with E-state index in [1.807, 2.05) is 48.5 Å². The fraction of sp³-hybridized carbons (Fsp3) is 0.226. The zero-order valence-corrected chi connectivity index (χ0v) is 21.5. The summed E-state index contributed by atoms with van der Waals surface area (Å²) < 4.78 is 0. The summed E-state index contributed by atoms with van der Waals surface area (Å²) in [5, 5.41) is 26.2. The lowest BCUT2D eigenvalue weighted by Crippen LogP contribution is -2.32. The number of carbonyl (C=O) groups is 1. The number of nitrogens with two attached hydrogens (primary N) is 1. The number of hydrogen-bond donors (Lipinski definition) is 5. The van der Waals surface area contributed by atoms with Crippen molar-refractivity contribution in [1.29, 1.82) is 0 Å². The Kier molecular flexibility index (Phi) is 9.08. The fourth-order valence-electron chi connectivity index (χ4n) is 4.25. The van der Waals surface area contributed by atoms with Gasteiger partial charge in [-0.2, -0.15) is 0 Å². The molecule has 4 rings (SSSR count). The predicted octanol–water partition coefficient (Wildman–Crippen LogP) is 4.15. The number of aromatic nitrogens is 1. The summed E-state index contributed by atoms with van der Waals surface area (Å²) in [6, 6.07) is 26.8. The highest BCUT2D eigenvalue weighted by Crippen LogP contribution is 2.22. The monoisotopic (exact) mass is 510 g/mol. The maximum Gasteiger partial charge on any atom is 0.224 e. The summed E-state index contributed by atoms with van der Waals surface area (Å²) in [4.78, 5) is 16.6. The van der Waals surface area contributed by atoms with Gasteiger partial charge in [-0.1, -0.05) is 66.7 Å². The highest BCUT2D eigenvalue weighted by molar-refractivity contribution is 5.78. The number of aromatic hydroxyl groups is 1. The smallest absolute Gasteiger partial charge is 0.224 e. The lowest BCUT2D eigenvalue weighted by molar-refractivity contribution is -0.120. The van der Waals surface area contributed by atoms with Crippen LogP contribution in [0.25, 0.3) is 11.1 Å². The topological polar surface area (TPSA) is 120 Å². The number of rotatable bonds is 11. The first-order chi connectivity index (χ1) is 18.4. The average Bonchev–Trinajstić information content (AvgIpc) is 2.92. The van der Waals surface area contributed by atoms with Crippen molar-refractivity contribution >= 4 is 11.7 Å². The standard InChI is InChI=1S/C31H34N4O3/c1-21(33-20-29(37)27-11-14-30(32)34-19-27)15-23-3-2-4-24(16-23)17-31(38)35-18-22-5-7-25(8-6-22)26-9-12-28(36)13-10-26/h2-14,16,19,21,29,33,36-37H,15,17-18,20H2,1H3,(H2,32,34)(H,35,38)/t21-,29+/m1/s1. The highest BCUT2D eigenvalue weighted by atomic mass is 16.3. The molecule has 0 unspecified atom stereocenters. The summed E-state index contributed by atoms with van der Waals surface area (Å²) >= 11 is 0. The Labute approximate surface area is 223 Å². The molecule has 6 N–H and O–H groups in total. The lowest BCUT2D eigenvalue weighted by atomic mass is 10.0. The SMILES string of the molecule is C[C@H](Cc1cccc(CC(=O)NCc2ccc(-c3ccc(O)cc3)cc2)c1)NC[C@H](O)c1ccc(N)nc1.